The third-order valence-corrected chi connectivity index (χ3v) is 4.12. The molecule has 0 bridgehead atoms. The molecule has 66 valence electrons. The summed E-state index contributed by atoms with van der Waals surface area (Å²) < 4.78 is 0. The first-order valence-corrected chi connectivity index (χ1v) is 5.46. The largest absolute Gasteiger partial charge is 0.315 e. The van der Waals surface area contributed by atoms with E-state index in [1.54, 1.807) is 0 Å². The van der Waals surface area contributed by atoms with Crippen LogP contribution in [0, 0.1) is 0 Å². The number of nitrogens with one attached hydrogen (secondary N) is 1. The molecule has 3 heteroatoms. The molecule has 0 aliphatic heterocycles. The summed E-state index contributed by atoms with van der Waals surface area (Å²) in [5, 5.41) is 4.17. The van der Waals surface area contributed by atoms with Crippen molar-refractivity contribution in [3.63, 3.8) is 0 Å². The molecule has 2 rings (SSSR count). The maximum atomic E-state index is 6.22. The van der Waals surface area contributed by atoms with Crippen LogP contribution in [0.5, 0.6) is 0 Å². The third kappa shape index (κ3) is 1.28. The SMILES string of the molecule is CNCc1sc2c(c1Cl)CCC2. The van der Waals surface area contributed by atoms with Crippen LogP contribution in [0.2, 0.25) is 5.02 Å². The van der Waals surface area contributed by atoms with Crippen molar-refractivity contribution in [2.24, 2.45) is 0 Å². The predicted molar refractivity (Wildman–Crippen MR) is 54.1 cm³/mol. The van der Waals surface area contributed by atoms with Crippen LogP contribution in [0.1, 0.15) is 21.7 Å². The van der Waals surface area contributed by atoms with Crippen molar-refractivity contribution >= 4 is 22.9 Å². The van der Waals surface area contributed by atoms with Gasteiger partial charge in [0.1, 0.15) is 0 Å². The van der Waals surface area contributed by atoms with Gasteiger partial charge in [0.15, 0.2) is 0 Å². The second-order valence-electron chi connectivity index (χ2n) is 3.12. The van der Waals surface area contributed by atoms with Crippen LogP contribution < -0.4 is 5.32 Å². The molecule has 0 aromatic carbocycles. The lowest BCUT2D eigenvalue weighted by Crippen LogP contribution is -2.03. The Hall–Kier alpha value is -0.0500. The van der Waals surface area contributed by atoms with Gasteiger partial charge in [0.25, 0.3) is 0 Å². The molecule has 1 aliphatic carbocycles. The van der Waals surface area contributed by atoms with Gasteiger partial charge in [0, 0.05) is 16.3 Å². The molecule has 0 saturated heterocycles. The van der Waals surface area contributed by atoms with E-state index in [2.05, 4.69) is 5.32 Å². The molecule has 12 heavy (non-hydrogen) atoms. The Morgan fingerprint density at radius 2 is 2.33 bits per heavy atom. The van der Waals surface area contributed by atoms with Crippen molar-refractivity contribution in [3.05, 3.63) is 20.3 Å². The van der Waals surface area contributed by atoms with E-state index in [1.807, 2.05) is 18.4 Å². The Morgan fingerprint density at radius 3 is 3.00 bits per heavy atom. The zero-order valence-corrected chi connectivity index (χ0v) is 8.69. The van der Waals surface area contributed by atoms with Crippen molar-refractivity contribution in [1.29, 1.82) is 0 Å². The van der Waals surface area contributed by atoms with Gasteiger partial charge in [-0.2, -0.15) is 0 Å². The van der Waals surface area contributed by atoms with Crippen LogP contribution in [0.3, 0.4) is 0 Å². The monoisotopic (exact) mass is 201 g/mol. The van der Waals surface area contributed by atoms with Gasteiger partial charge in [-0.15, -0.1) is 11.3 Å². The fourth-order valence-electron chi connectivity index (χ4n) is 1.70. The lowest BCUT2D eigenvalue weighted by Gasteiger charge is -1.96. The molecule has 1 heterocycles. The number of hydrogen-bond donors (Lipinski definition) is 1. The molecule has 0 fully saturated rings. The Morgan fingerprint density at radius 1 is 1.50 bits per heavy atom. The van der Waals surface area contributed by atoms with E-state index in [4.69, 9.17) is 11.6 Å². The fourth-order valence-corrected chi connectivity index (χ4v) is 3.44. The van der Waals surface area contributed by atoms with Crippen molar-refractivity contribution in [3.8, 4) is 0 Å². The highest BCUT2D eigenvalue weighted by Gasteiger charge is 2.19. The molecule has 1 aromatic rings. The van der Waals surface area contributed by atoms with Gasteiger partial charge in [-0.3, -0.25) is 0 Å². The average molecular weight is 202 g/mol. The van der Waals surface area contributed by atoms with Crippen LogP contribution in [0.15, 0.2) is 0 Å². The highest BCUT2D eigenvalue weighted by Crippen LogP contribution is 2.38. The van der Waals surface area contributed by atoms with E-state index in [1.165, 1.54) is 34.6 Å². The molecule has 0 unspecified atom stereocenters. The summed E-state index contributed by atoms with van der Waals surface area (Å²) in [6, 6.07) is 0. The Kier molecular flexibility index (Phi) is 2.40. The maximum absolute atomic E-state index is 6.22. The molecular formula is C9H12ClNS. The van der Waals surface area contributed by atoms with Crippen LogP contribution in [-0.2, 0) is 19.4 Å². The molecule has 1 nitrogen and oxygen atoms in total. The van der Waals surface area contributed by atoms with E-state index >= 15 is 0 Å². The van der Waals surface area contributed by atoms with E-state index in [0.29, 0.717) is 0 Å². The molecule has 1 aliphatic rings. The van der Waals surface area contributed by atoms with E-state index in [0.717, 1.165) is 11.6 Å². The number of aryl methyl sites for hydroxylation is 1. The van der Waals surface area contributed by atoms with E-state index in [9.17, 15) is 0 Å². The number of rotatable bonds is 2. The van der Waals surface area contributed by atoms with Gasteiger partial charge in [0.05, 0.1) is 5.02 Å². The summed E-state index contributed by atoms with van der Waals surface area (Å²) in [7, 11) is 1.96. The summed E-state index contributed by atoms with van der Waals surface area (Å²) in [5.41, 5.74) is 1.42. The van der Waals surface area contributed by atoms with Crippen LogP contribution in [0.25, 0.3) is 0 Å². The van der Waals surface area contributed by atoms with E-state index in [-0.39, 0.29) is 0 Å². The minimum atomic E-state index is 0.913. The minimum Gasteiger partial charge on any atom is -0.315 e. The molecule has 0 spiro atoms. The Bertz CT molecular complexity index is 293. The molecule has 0 radical (unpaired) electrons. The Labute approximate surface area is 81.7 Å². The third-order valence-electron chi connectivity index (χ3n) is 2.26. The normalized spacial score (nSPS) is 15.2. The first-order valence-electron chi connectivity index (χ1n) is 4.26. The van der Waals surface area contributed by atoms with Crippen LogP contribution >= 0.6 is 22.9 Å². The highest BCUT2D eigenvalue weighted by molar-refractivity contribution is 7.12. The van der Waals surface area contributed by atoms with Crippen LogP contribution in [0.4, 0.5) is 0 Å². The van der Waals surface area contributed by atoms with Crippen molar-refractivity contribution < 1.29 is 0 Å². The second-order valence-corrected chi connectivity index (χ2v) is 4.69. The predicted octanol–water partition coefficient (Wildman–Crippen LogP) is 2.61. The summed E-state index contributed by atoms with van der Waals surface area (Å²) in [6.45, 7) is 0.913. The first kappa shape index (κ1) is 8.54. The van der Waals surface area contributed by atoms with Gasteiger partial charge in [-0.25, -0.2) is 0 Å². The van der Waals surface area contributed by atoms with Crippen LogP contribution in [-0.4, -0.2) is 7.05 Å². The average Bonchev–Trinajstić information content (AvgIpc) is 2.58. The van der Waals surface area contributed by atoms with Crippen molar-refractivity contribution in [2.45, 2.75) is 25.8 Å². The molecule has 0 amide bonds. The molecule has 0 atom stereocenters. The topological polar surface area (TPSA) is 12.0 Å². The number of thiophene rings is 1. The lowest BCUT2D eigenvalue weighted by atomic mass is 10.2. The first-order chi connectivity index (χ1) is 5.83. The number of hydrogen-bond acceptors (Lipinski definition) is 2. The lowest BCUT2D eigenvalue weighted by molar-refractivity contribution is 0.829. The summed E-state index contributed by atoms with van der Waals surface area (Å²) >= 11 is 8.10. The highest BCUT2D eigenvalue weighted by atomic mass is 35.5. The van der Waals surface area contributed by atoms with Gasteiger partial charge in [-0.1, -0.05) is 11.6 Å². The van der Waals surface area contributed by atoms with Gasteiger partial charge in [-0.05, 0) is 31.9 Å². The maximum Gasteiger partial charge on any atom is 0.0593 e. The standard InChI is InChI=1S/C9H12ClNS/c1-11-5-8-9(10)6-3-2-4-7(6)12-8/h11H,2-5H2,1H3. The summed E-state index contributed by atoms with van der Waals surface area (Å²) in [4.78, 5) is 2.83. The summed E-state index contributed by atoms with van der Waals surface area (Å²) in [5.74, 6) is 0. The molecule has 0 saturated carbocycles. The zero-order chi connectivity index (χ0) is 8.55. The Balaban J connectivity index is 2.34. The number of halogens is 1. The summed E-state index contributed by atoms with van der Waals surface area (Å²) in [6.07, 6.45) is 3.72. The van der Waals surface area contributed by atoms with Gasteiger partial charge >= 0.3 is 0 Å². The quantitative estimate of drug-likeness (QED) is 0.776. The van der Waals surface area contributed by atoms with Gasteiger partial charge in [0.2, 0.25) is 0 Å². The smallest absolute Gasteiger partial charge is 0.0593 e. The van der Waals surface area contributed by atoms with Crippen molar-refractivity contribution in [1.82, 2.24) is 5.32 Å². The zero-order valence-electron chi connectivity index (χ0n) is 7.11. The molecule has 1 N–H and O–H groups in total. The fraction of sp³-hybridized carbons (Fsp3) is 0.556. The molecule has 1 aromatic heterocycles. The second kappa shape index (κ2) is 3.36. The number of fused-ring (bicyclic) bond motifs is 1. The van der Waals surface area contributed by atoms with E-state index < -0.39 is 0 Å². The van der Waals surface area contributed by atoms with Gasteiger partial charge < -0.3 is 5.32 Å². The molecular weight excluding hydrogens is 190 g/mol. The van der Waals surface area contributed by atoms with Crippen molar-refractivity contribution in [2.75, 3.05) is 7.05 Å². The minimum absolute atomic E-state index is 0.913.